The predicted octanol–water partition coefficient (Wildman–Crippen LogP) is 3.47. The molecule has 2 aromatic rings. The Balaban J connectivity index is 1.91. The fraction of sp³-hybridized carbons (Fsp3) is 0.316. The van der Waals surface area contributed by atoms with E-state index in [0.29, 0.717) is 11.3 Å². The molecule has 1 aliphatic rings. The molecule has 1 atom stereocenters. The van der Waals surface area contributed by atoms with Crippen LogP contribution in [0.2, 0.25) is 0 Å². The summed E-state index contributed by atoms with van der Waals surface area (Å²) in [5.41, 5.74) is 3.29. The summed E-state index contributed by atoms with van der Waals surface area (Å²) in [7, 11) is 3.63. The number of amides is 1. The second-order valence-electron chi connectivity index (χ2n) is 6.47. The van der Waals surface area contributed by atoms with Gasteiger partial charge in [-0.25, -0.2) is 0 Å². The van der Waals surface area contributed by atoms with Crippen molar-refractivity contribution in [1.82, 2.24) is 5.32 Å². The molecule has 0 bridgehead atoms. The maximum absolute atomic E-state index is 12.9. The SMILES string of the molecule is CN(C)c1ccc([N+](=O)[O-])cc1C(=O)N[C@H]1CCCc2ccccc21. The number of nitrogens with one attached hydrogen (secondary N) is 1. The molecule has 0 aromatic heterocycles. The monoisotopic (exact) mass is 339 g/mol. The number of non-ortho nitro benzene ring substituents is 1. The molecule has 0 saturated heterocycles. The van der Waals surface area contributed by atoms with Crippen molar-refractivity contribution in [2.45, 2.75) is 25.3 Å². The molecule has 2 aromatic carbocycles. The third kappa shape index (κ3) is 3.47. The Morgan fingerprint density at radius 3 is 2.72 bits per heavy atom. The molecule has 25 heavy (non-hydrogen) atoms. The number of nitro benzene ring substituents is 1. The quantitative estimate of drug-likeness (QED) is 0.683. The Kier molecular flexibility index (Phi) is 4.70. The van der Waals surface area contributed by atoms with Crippen LogP contribution in [0, 0.1) is 10.1 Å². The summed E-state index contributed by atoms with van der Waals surface area (Å²) in [4.78, 5) is 25.2. The highest BCUT2D eigenvalue weighted by molar-refractivity contribution is 6.00. The average molecular weight is 339 g/mol. The number of anilines is 1. The van der Waals surface area contributed by atoms with Gasteiger partial charge in [-0.1, -0.05) is 24.3 Å². The Morgan fingerprint density at radius 2 is 2.00 bits per heavy atom. The molecule has 0 unspecified atom stereocenters. The summed E-state index contributed by atoms with van der Waals surface area (Å²) in [5.74, 6) is -0.283. The van der Waals surface area contributed by atoms with Gasteiger partial charge < -0.3 is 10.2 Å². The van der Waals surface area contributed by atoms with E-state index < -0.39 is 4.92 Å². The van der Waals surface area contributed by atoms with E-state index in [0.717, 1.165) is 24.8 Å². The molecule has 0 heterocycles. The Labute approximate surface area is 146 Å². The van der Waals surface area contributed by atoms with Crippen molar-refractivity contribution < 1.29 is 9.72 Å². The lowest BCUT2D eigenvalue weighted by atomic mass is 9.87. The number of fused-ring (bicyclic) bond motifs is 1. The largest absolute Gasteiger partial charge is 0.377 e. The van der Waals surface area contributed by atoms with Gasteiger partial charge >= 0.3 is 0 Å². The van der Waals surface area contributed by atoms with Crippen LogP contribution in [0.3, 0.4) is 0 Å². The van der Waals surface area contributed by atoms with Crippen molar-refractivity contribution in [3.8, 4) is 0 Å². The van der Waals surface area contributed by atoms with Crippen molar-refractivity contribution in [3.05, 3.63) is 69.3 Å². The van der Waals surface area contributed by atoms with E-state index in [9.17, 15) is 14.9 Å². The van der Waals surface area contributed by atoms with Crippen LogP contribution in [-0.4, -0.2) is 24.9 Å². The van der Waals surface area contributed by atoms with Gasteiger partial charge in [0.15, 0.2) is 0 Å². The Bertz CT molecular complexity index is 817. The molecule has 0 aliphatic heterocycles. The first-order valence-electron chi connectivity index (χ1n) is 8.32. The van der Waals surface area contributed by atoms with Crippen LogP contribution in [0.4, 0.5) is 11.4 Å². The van der Waals surface area contributed by atoms with E-state index in [1.165, 1.54) is 17.7 Å². The molecule has 6 heteroatoms. The van der Waals surface area contributed by atoms with E-state index >= 15 is 0 Å². The van der Waals surface area contributed by atoms with Crippen LogP contribution in [0.1, 0.15) is 40.4 Å². The second-order valence-corrected chi connectivity index (χ2v) is 6.47. The summed E-state index contributed by atoms with van der Waals surface area (Å²) in [5, 5.41) is 14.1. The molecule has 1 amide bonds. The number of hydrogen-bond acceptors (Lipinski definition) is 4. The third-order valence-electron chi connectivity index (χ3n) is 4.59. The minimum absolute atomic E-state index is 0.0632. The molecular weight excluding hydrogens is 318 g/mol. The van der Waals surface area contributed by atoms with Gasteiger partial charge in [0.1, 0.15) is 0 Å². The van der Waals surface area contributed by atoms with E-state index in [1.807, 2.05) is 32.3 Å². The summed E-state index contributed by atoms with van der Waals surface area (Å²) in [6, 6.07) is 12.4. The number of carbonyl (C=O) groups excluding carboxylic acids is 1. The van der Waals surface area contributed by atoms with Crippen LogP contribution in [0.25, 0.3) is 0 Å². The molecule has 3 rings (SSSR count). The van der Waals surface area contributed by atoms with Crippen molar-refractivity contribution >= 4 is 17.3 Å². The van der Waals surface area contributed by atoms with Crippen LogP contribution >= 0.6 is 0 Å². The number of rotatable bonds is 4. The number of carbonyl (C=O) groups is 1. The summed E-state index contributed by atoms with van der Waals surface area (Å²) in [6.07, 6.45) is 2.90. The van der Waals surface area contributed by atoms with Gasteiger partial charge in [-0.05, 0) is 36.5 Å². The summed E-state index contributed by atoms with van der Waals surface area (Å²) < 4.78 is 0. The molecular formula is C19H21N3O3. The van der Waals surface area contributed by atoms with Gasteiger partial charge in [-0.2, -0.15) is 0 Å². The van der Waals surface area contributed by atoms with Crippen molar-refractivity contribution in [2.24, 2.45) is 0 Å². The van der Waals surface area contributed by atoms with Crippen LogP contribution < -0.4 is 10.2 Å². The Hall–Kier alpha value is -2.89. The number of nitrogens with zero attached hydrogens (tertiary/aromatic N) is 2. The van der Waals surface area contributed by atoms with Crippen molar-refractivity contribution in [2.75, 3.05) is 19.0 Å². The molecule has 0 radical (unpaired) electrons. The first kappa shape index (κ1) is 17.0. The van der Waals surface area contributed by atoms with Crippen LogP contribution in [0.5, 0.6) is 0 Å². The molecule has 0 spiro atoms. The fourth-order valence-corrected chi connectivity index (χ4v) is 3.35. The minimum atomic E-state index is -0.480. The highest BCUT2D eigenvalue weighted by Gasteiger charge is 2.24. The van der Waals surface area contributed by atoms with E-state index in [2.05, 4.69) is 11.4 Å². The molecule has 1 N–H and O–H groups in total. The zero-order chi connectivity index (χ0) is 18.0. The molecule has 0 fully saturated rings. The van der Waals surface area contributed by atoms with Gasteiger partial charge in [0.2, 0.25) is 0 Å². The van der Waals surface area contributed by atoms with Crippen molar-refractivity contribution in [3.63, 3.8) is 0 Å². The van der Waals surface area contributed by atoms with Crippen LogP contribution in [0.15, 0.2) is 42.5 Å². The molecule has 130 valence electrons. The normalized spacial score (nSPS) is 16.0. The standard InChI is InChI=1S/C19H21N3O3/c1-21(2)18-11-10-14(22(24)25)12-16(18)19(23)20-17-9-5-7-13-6-3-4-8-15(13)17/h3-4,6,8,10-12,17H,5,7,9H2,1-2H3,(H,20,23)/t17-/m0/s1. The van der Waals surface area contributed by atoms with Gasteiger partial charge in [-0.3, -0.25) is 14.9 Å². The topological polar surface area (TPSA) is 75.5 Å². The summed E-state index contributed by atoms with van der Waals surface area (Å²) in [6.45, 7) is 0. The zero-order valence-corrected chi connectivity index (χ0v) is 14.4. The van der Waals surface area contributed by atoms with E-state index in [1.54, 1.807) is 11.0 Å². The predicted molar refractivity (Wildman–Crippen MR) is 97.0 cm³/mol. The number of nitro groups is 1. The first-order valence-corrected chi connectivity index (χ1v) is 8.32. The lowest BCUT2D eigenvalue weighted by molar-refractivity contribution is -0.384. The van der Waals surface area contributed by atoms with Gasteiger partial charge in [0.25, 0.3) is 11.6 Å². The maximum atomic E-state index is 12.9. The van der Waals surface area contributed by atoms with Gasteiger partial charge in [0, 0.05) is 31.9 Å². The van der Waals surface area contributed by atoms with Gasteiger partial charge in [-0.15, -0.1) is 0 Å². The van der Waals surface area contributed by atoms with E-state index in [-0.39, 0.29) is 17.6 Å². The second kappa shape index (κ2) is 6.93. The van der Waals surface area contributed by atoms with Gasteiger partial charge in [0.05, 0.1) is 16.5 Å². The molecule has 6 nitrogen and oxygen atoms in total. The zero-order valence-electron chi connectivity index (χ0n) is 14.4. The Morgan fingerprint density at radius 1 is 1.24 bits per heavy atom. The highest BCUT2D eigenvalue weighted by Crippen LogP contribution is 2.31. The third-order valence-corrected chi connectivity index (χ3v) is 4.59. The molecule has 0 saturated carbocycles. The summed E-state index contributed by atoms with van der Waals surface area (Å²) >= 11 is 0. The molecule has 1 aliphatic carbocycles. The van der Waals surface area contributed by atoms with E-state index in [4.69, 9.17) is 0 Å². The fourth-order valence-electron chi connectivity index (χ4n) is 3.35. The number of aryl methyl sites for hydroxylation is 1. The average Bonchev–Trinajstić information content (AvgIpc) is 2.61. The van der Waals surface area contributed by atoms with Crippen LogP contribution in [-0.2, 0) is 6.42 Å². The smallest absolute Gasteiger partial charge is 0.270 e. The van der Waals surface area contributed by atoms with Crippen molar-refractivity contribution in [1.29, 1.82) is 0 Å². The lowest BCUT2D eigenvalue weighted by Gasteiger charge is -2.27. The lowest BCUT2D eigenvalue weighted by Crippen LogP contribution is -2.32. The highest BCUT2D eigenvalue weighted by atomic mass is 16.6. The number of hydrogen-bond donors (Lipinski definition) is 1. The maximum Gasteiger partial charge on any atom is 0.270 e. The number of benzene rings is 2. The minimum Gasteiger partial charge on any atom is -0.377 e. The first-order chi connectivity index (χ1) is 12.0.